The third kappa shape index (κ3) is 4.77. The lowest BCUT2D eigenvalue weighted by Crippen LogP contribution is -2.40. The lowest BCUT2D eigenvalue weighted by atomic mass is 10.1. The van der Waals surface area contributed by atoms with E-state index in [1.54, 1.807) is 7.11 Å². The van der Waals surface area contributed by atoms with Gasteiger partial charge in [-0.15, -0.1) is 0 Å². The van der Waals surface area contributed by atoms with Crippen molar-refractivity contribution in [1.82, 2.24) is 10.2 Å². The average Bonchev–Trinajstić information content (AvgIpc) is 2.78. The van der Waals surface area contributed by atoms with Gasteiger partial charge in [0, 0.05) is 39.7 Å². The first-order chi connectivity index (χ1) is 8.31. The summed E-state index contributed by atoms with van der Waals surface area (Å²) < 4.78 is 5.20. The van der Waals surface area contributed by atoms with Gasteiger partial charge >= 0.3 is 0 Å². The van der Waals surface area contributed by atoms with Gasteiger partial charge in [0.05, 0.1) is 6.61 Å². The molecule has 1 N–H and O–H groups in total. The summed E-state index contributed by atoms with van der Waals surface area (Å²) in [5.74, 6) is 1.67. The first kappa shape index (κ1) is 14.0. The van der Waals surface area contributed by atoms with Crippen LogP contribution in [0.5, 0.6) is 0 Å². The Morgan fingerprint density at radius 2 is 2.41 bits per heavy atom. The Hall–Kier alpha value is -1.03. The zero-order valence-electron chi connectivity index (χ0n) is 11.3. The standard InChI is InChI=1S/C13H25N3O/c1-4-5-6-8-15-13(14-2)16-9-7-12(10-16)11-17-3/h4-5,12H,6-11H2,1-3H3,(H,14,15)/b5-4+. The van der Waals surface area contributed by atoms with Crippen molar-refractivity contribution < 1.29 is 4.74 Å². The summed E-state index contributed by atoms with van der Waals surface area (Å²) in [6.07, 6.45) is 6.49. The van der Waals surface area contributed by atoms with Gasteiger partial charge in [0.25, 0.3) is 0 Å². The van der Waals surface area contributed by atoms with Crippen LogP contribution in [-0.2, 0) is 4.74 Å². The van der Waals surface area contributed by atoms with Crippen molar-refractivity contribution in [3.05, 3.63) is 12.2 Å². The van der Waals surface area contributed by atoms with Crippen LogP contribution in [0, 0.1) is 5.92 Å². The van der Waals surface area contributed by atoms with E-state index in [2.05, 4.69) is 27.4 Å². The molecular weight excluding hydrogens is 214 g/mol. The van der Waals surface area contributed by atoms with Crippen molar-refractivity contribution in [2.75, 3.05) is 40.4 Å². The molecule has 1 aliphatic rings. The molecule has 0 aliphatic carbocycles. The number of methoxy groups -OCH3 is 1. The topological polar surface area (TPSA) is 36.9 Å². The van der Waals surface area contributed by atoms with Crippen LogP contribution < -0.4 is 5.32 Å². The summed E-state index contributed by atoms with van der Waals surface area (Å²) in [4.78, 5) is 6.65. The molecule has 1 heterocycles. The molecule has 0 aromatic heterocycles. The Morgan fingerprint density at radius 3 is 3.06 bits per heavy atom. The Kier molecular flexibility index (Phi) is 6.70. The van der Waals surface area contributed by atoms with Gasteiger partial charge in [-0.3, -0.25) is 4.99 Å². The molecule has 98 valence electrons. The predicted molar refractivity (Wildman–Crippen MR) is 72.3 cm³/mol. The molecule has 0 amide bonds. The molecule has 1 rings (SSSR count). The molecule has 17 heavy (non-hydrogen) atoms. The SMILES string of the molecule is C/C=C/CCNC(=NC)N1CCC(COC)C1. The van der Waals surface area contributed by atoms with Crippen LogP contribution in [0.15, 0.2) is 17.1 Å². The summed E-state index contributed by atoms with van der Waals surface area (Å²) >= 11 is 0. The number of likely N-dealkylation sites (tertiary alicyclic amines) is 1. The maximum Gasteiger partial charge on any atom is 0.193 e. The molecule has 0 radical (unpaired) electrons. The van der Waals surface area contributed by atoms with Crippen molar-refractivity contribution in [2.24, 2.45) is 10.9 Å². The van der Waals surface area contributed by atoms with Crippen molar-refractivity contribution in [3.63, 3.8) is 0 Å². The van der Waals surface area contributed by atoms with Crippen LogP contribution in [0.25, 0.3) is 0 Å². The quantitative estimate of drug-likeness (QED) is 0.342. The van der Waals surface area contributed by atoms with Gasteiger partial charge in [-0.05, 0) is 19.8 Å². The van der Waals surface area contributed by atoms with Gasteiger partial charge < -0.3 is 15.0 Å². The molecular formula is C13H25N3O. The maximum atomic E-state index is 5.20. The number of hydrogen-bond acceptors (Lipinski definition) is 2. The van der Waals surface area contributed by atoms with E-state index in [9.17, 15) is 0 Å². The summed E-state index contributed by atoms with van der Waals surface area (Å²) in [6.45, 7) is 5.98. The zero-order chi connectivity index (χ0) is 12.5. The van der Waals surface area contributed by atoms with Crippen LogP contribution >= 0.6 is 0 Å². The summed E-state index contributed by atoms with van der Waals surface area (Å²) in [5, 5.41) is 3.39. The second kappa shape index (κ2) is 8.12. The minimum atomic E-state index is 0.647. The lowest BCUT2D eigenvalue weighted by Gasteiger charge is -2.21. The summed E-state index contributed by atoms with van der Waals surface area (Å²) in [6, 6.07) is 0. The van der Waals surface area contributed by atoms with Crippen molar-refractivity contribution in [1.29, 1.82) is 0 Å². The molecule has 1 fully saturated rings. The first-order valence-electron chi connectivity index (χ1n) is 6.37. The smallest absolute Gasteiger partial charge is 0.193 e. The van der Waals surface area contributed by atoms with Crippen molar-refractivity contribution >= 4 is 5.96 Å². The number of aliphatic imine (C=N–C) groups is 1. The van der Waals surface area contributed by atoms with E-state index < -0.39 is 0 Å². The van der Waals surface area contributed by atoms with Gasteiger partial charge in [0.2, 0.25) is 0 Å². The molecule has 1 aliphatic heterocycles. The number of nitrogens with one attached hydrogen (secondary N) is 1. The fourth-order valence-electron chi connectivity index (χ4n) is 2.16. The third-order valence-electron chi connectivity index (χ3n) is 3.03. The monoisotopic (exact) mass is 239 g/mol. The fraction of sp³-hybridized carbons (Fsp3) is 0.769. The Balaban J connectivity index is 2.31. The second-order valence-electron chi connectivity index (χ2n) is 4.39. The highest BCUT2D eigenvalue weighted by atomic mass is 16.5. The molecule has 0 spiro atoms. The van der Waals surface area contributed by atoms with E-state index in [1.807, 2.05) is 14.0 Å². The van der Waals surface area contributed by atoms with E-state index in [0.717, 1.165) is 38.6 Å². The highest BCUT2D eigenvalue weighted by Gasteiger charge is 2.24. The van der Waals surface area contributed by atoms with Crippen LogP contribution in [0.2, 0.25) is 0 Å². The molecule has 4 heteroatoms. The van der Waals surface area contributed by atoms with Crippen LogP contribution in [-0.4, -0.2) is 51.3 Å². The first-order valence-corrected chi connectivity index (χ1v) is 6.37. The van der Waals surface area contributed by atoms with Crippen molar-refractivity contribution in [2.45, 2.75) is 19.8 Å². The van der Waals surface area contributed by atoms with Crippen LogP contribution in [0.4, 0.5) is 0 Å². The van der Waals surface area contributed by atoms with Gasteiger partial charge in [0.1, 0.15) is 0 Å². The second-order valence-corrected chi connectivity index (χ2v) is 4.39. The Bertz CT molecular complexity index is 263. The molecule has 0 bridgehead atoms. The number of rotatable bonds is 5. The minimum absolute atomic E-state index is 0.647. The maximum absolute atomic E-state index is 5.20. The molecule has 1 atom stereocenters. The number of hydrogen-bond donors (Lipinski definition) is 1. The Morgan fingerprint density at radius 1 is 1.59 bits per heavy atom. The number of guanidine groups is 1. The van der Waals surface area contributed by atoms with E-state index >= 15 is 0 Å². The lowest BCUT2D eigenvalue weighted by molar-refractivity contribution is 0.157. The van der Waals surface area contributed by atoms with Crippen LogP contribution in [0.1, 0.15) is 19.8 Å². The normalized spacial score (nSPS) is 21.5. The Labute approximate surface area is 105 Å². The average molecular weight is 239 g/mol. The van der Waals surface area contributed by atoms with Gasteiger partial charge in [-0.1, -0.05) is 12.2 Å². The van der Waals surface area contributed by atoms with E-state index in [-0.39, 0.29) is 0 Å². The van der Waals surface area contributed by atoms with Gasteiger partial charge in [-0.2, -0.15) is 0 Å². The molecule has 0 saturated carbocycles. The number of nitrogens with zero attached hydrogens (tertiary/aromatic N) is 2. The highest BCUT2D eigenvalue weighted by Crippen LogP contribution is 2.16. The molecule has 4 nitrogen and oxygen atoms in total. The fourth-order valence-corrected chi connectivity index (χ4v) is 2.16. The van der Waals surface area contributed by atoms with Gasteiger partial charge in [0.15, 0.2) is 5.96 Å². The van der Waals surface area contributed by atoms with Crippen molar-refractivity contribution in [3.8, 4) is 0 Å². The third-order valence-corrected chi connectivity index (χ3v) is 3.03. The van der Waals surface area contributed by atoms with Crippen LogP contribution in [0.3, 0.4) is 0 Å². The van der Waals surface area contributed by atoms with E-state index in [1.165, 1.54) is 6.42 Å². The molecule has 1 unspecified atom stereocenters. The molecule has 0 aromatic rings. The molecule has 0 aromatic carbocycles. The summed E-state index contributed by atoms with van der Waals surface area (Å²) in [5.41, 5.74) is 0. The number of ether oxygens (including phenoxy) is 1. The predicted octanol–water partition coefficient (Wildman–Crippen LogP) is 1.50. The van der Waals surface area contributed by atoms with Gasteiger partial charge in [-0.25, -0.2) is 0 Å². The van der Waals surface area contributed by atoms with E-state index in [4.69, 9.17) is 4.74 Å². The zero-order valence-corrected chi connectivity index (χ0v) is 11.3. The molecule has 1 saturated heterocycles. The minimum Gasteiger partial charge on any atom is -0.384 e. The largest absolute Gasteiger partial charge is 0.384 e. The number of allylic oxidation sites excluding steroid dienone is 1. The van der Waals surface area contributed by atoms with E-state index in [0.29, 0.717) is 5.92 Å². The highest BCUT2D eigenvalue weighted by molar-refractivity contribution is 5.80. The summed E-state index contributed by atoms with van der Waals surface area (Å²) in [7, 11) is 3.62.